The molecule has 0 saturated carbocycles. The van der Waals surface area contributed by atoms with Gasteiger partial charge >= 0.3 is 12.1 Å². The first kappa shape index (κ1) is 24.5. The van der Waals surface area contributed by atoms with Crippen molar-refractivity contribution in [2.45, 2.75) is 38.8 Å². The zero-order chi connectivity index (χ0) is 24.9. The Morgan fingerprint density at radius 2 is 1.76 bits per heavy atom. The number of alkyl carbamates (subject to hydrolysis) is 1. The Bertz CT molecular complexity index is 1260. The molecule has 0 aromatic heterocycles. The number of benzene rings is 3. The summed E-state index contributed by atoms with van der Waals surface area (Å²) in [7, 11) is 0. The Labute approximate surface area is 197 Å². The van der Waals surface area contributed by atoms with E-state index in [4.69, 9.17) is 10.00 Å². The molecule has 0 radical (unpaired) electrons. The number of amides is 1. The zero-order valence-corrected chi connectivity index (χ0v) is 19.1. The standard InChI is InChI=1S/C27H25FN2O4/c1-27(2,3)34-26(33)30-24(13-17-6-4-9-21(12-17)25(31)32)20-8-5-7-18(14-20)19-10-11-22(16-29)23(28)15-19/h4-12,14-15,24H,13H2,1-3H3,(H,30,33)(H,31,32). The number of rotatable bonds is 6. The number of hydrogen-bond acceptors (Lipinski definition) is 4. The first-order valence-electron chi connectivity index (χ1n) is 10.7. The van der Waals surface area contributed by atoms with Gasteiger partial charge in [-0.3, -0.25) is 0 Å². The van der Waals surface area contributed by atoms with Crippen LogP contribution in [0.4, 0.5) is 9.18 Å². The minimum absolute atomic E-state index is 0.0392. The Morgan fingerprint density at radius 1 is 1.06 bits per heavy atom. The number of hydrogen-bond donors (Lipinski definition) is 2. The van der Waals surface area contributed by atoms with Crippen molar-refractivity contribution >= 4 is 12.1 Å². The first-order chi connectivity index (χ1) is 16.1. The van der Waals surface area contributed by atoms with E-state index in [9.17, 15) is 19.1 Å². The summed E-state index contributed by atoms with van der Waals surface area (Å²) >= 11 is 0. The molecule has 6 nitrogen and oxygen atoms in total. The minimum atomic E-state index is -1.04. The summed E-state index contributed by atoms with van der Waals surface area (Å²) in [5.41, 5.74) is 2.15. The van der Waals surface area contributed by atoms with E-state index < -0.39 is 29.5 Å². The predicted octanol–water partition coefficient (Wildman–Crippen LogP) is 5.87. The highest BCUT2D eigenvalue weighted by atomic mass is 19.1. The molecular formula is C27H25FN2O4. The van der Waals surface area contributed by atoms with Gasteiger partial charge in [-0.1, -0.05) is 36.4 Å². The van der Waals surface area contributed by atoms with Crippen molar-refractivity contribution in [3.8, 4) is 17.2 Å². The largest absolute Gasteiger partial charge is 0.478 e. The molecule has 1 unspecified atom stereocenters. The minimum Gasteiger partial charge on any atom is -0.478 e. The number of halogens is 1. The normalized spacial score (nSPS) is 11.9. The number of carboxylic acids is 1. The SMILES string of the molecule is CC(C)(C)OC(=O)NC(Cc1cccc(C(=O)O)c1)c1cccc(-c2ccc(C#N)c(F)c2)c1. The fraction of sp³-hybridized carbons (Fsp3) is 0.222. The second kappa shape index (κ2) is 10.2. The molecule has 2 N–H and O–H groups in total. The van der Waals surface area contributed by atoms with Gasteiger partial charge in [-0.25, -0.2) is 14.0 Å². The van der Waals surface area contributed by atoms with Crippen LogP contribution in [0, 0.1) is 17.1 Å². The van der Waals surface area contributed by atoms with Crippen LogP contribution < -0.4 is 5.32 Å². The van der Waals surface area contributed by atoms with E-state index in [1.54, 1.807) is 63.2 Å². The number of nitriles is 1. The van der Waals surface area contributed by atoms with Crippen LogP contribution in [-0.4, -0.2) is 22.8 Å². The van der Waals surface area contributed by atoms with Crippen LogP contribution in [0.15, 0.2) is 66.7 Å². The van der Waals surface area contributed by atoms with E-state index in [1.165, 1.54) is 18.2 Å². The number of nitrogens with one attached hydrogen (secondary N) is 1. The highest BCUT2D eigenvalue weighted by Gasteiger charge is 2.22. The summed E-state index contributed by atoms with van der Waals surface area (Å²) in [6.45, 7) is 5.29. The average molecular weight is 461 g/mol. The second-order valence-corrected chi connectivity index (χ2v) is 8.84. The summed E-state index contributed by atoms with van der Waals surface area (Å²) in [6.07, 6.45) is -0.298. The lowest BCUT2D eigenvalue weighted by atomic mass is 9.94. The van der Waals surface area contributed by atoms with Crippen LogP contribution in [0.25, 0.3) is 11.1 Å². The van der Waals surface area contributed by atoms with Crippen LogP contribution in [0.5, 0.6) is 0 Å². The second-order valence-electron chi connectivity index (χ2n) is 8.84. The smallest absolute Gasteiger partial charge is 0.408 e. The fourth-order valence-electron chi connectivity index (χ4n) is 3.49. The molecule has 0 aliphatic rings. The lowest BCUT2D eigenvalue weighted by Crippen LogP contribution is -2.35. The summed E-state index contributed by atoms with van der Waals surface area (Å²) in [5, 5.41) is 21.2. The molecule has 0 heterocycles. The molecule has 3 rings (SSSR count). The lowest BCUT2D eigenvalue weighted by Gasteiger charge is -2.24. The van der Waals surface area contributed by atoms with E-state index in [2.05, 4.69) is 5.32 Å². The maximum atomic E-state index is 14.2. The third-order valence-electron chi connectivity index (χ3n) is 5.02. The van der Waals surface area contributed by atoms with Gasteiger partial charge in [0.25, 0.3) is 0 Å². The summed E-state index contributed by atoms with van der Waals surface area (Å²) in [5.74, 6) is -1.65. The van der Waals surface area contributed by atoms with Gasteiger partial charge in [-0.05, 0) is 79.8 Å². The fourth-order valence-corrected chi connectivity index (χ4v) is 3.49. The summed E-state index contributed by atoms with van der Waals surface area (Å²) in [4.78, 5) is 23.9. The topological polar surface area (TPSA) is 99.4 Å². The van der Waals surface area contributed by atoms with Crippen LogP contribution in [0.3, 0.4) is 0 Å². The molecule has 0 aliphatic carbocycles. The van der Waals surface area contributed by atoms with Gasteiger partial charge in [0.05, 0.1) is 17.2 Å². The van der Waals surface area contributed by atoms with Crippen molar-refractivity contribution in [3.05, 3.63) is 94.8 Å². The van der Waals surface area contributed by atoms with Crippen molar-refractivity contribution in [2.24, 2.45) is 0 Å². The van der Waals surface area contributed by atoms with Crippen LogP contribution in [0.1, 0.15) is 53.9 Å². The number of aromatic carboxylic acids is 1. The quantitative estimate of drug-likeness (QED) is 0.479. The van der Waals surface area contributed by atoms with Crippen LogP contribution >= 0.6 is 0 Å². The Kier molecular flexibility index (Phi) is 7.32. The van der Waals surface area contributed by atoms with Gasteiger partial charge in [-0.15, -0.1) is 0 Å². The van der Waals surface area contributed by atoms with E-state index in [0.717, 1.165) is 11.1 Å². The molecule has 0 spiro atoms. The number of carboxylic acid groups (broad SMARTS) is 1. The molecule has 174 valence electrons. The van der Waals surface area contributed by atoms with E-state index >= 15 is 0 Å². The monoisotopic (exact) mass is 460 g/mol. The number of nitrogens with zero attached hydrogens (tertiary/aromatic N) is 1. The third-order valence-corrected chi connectivity index (χ3v) is 5.02. The molecule has 0 saturated heterocycles. The summed E-state index contributed by atoms with van der Waals surface area (Å²) in [6, 6.07) is 19.4. The number of ether oxygens (including phenoxy) is 1. The van der Waals surface area contributed by atoms with E-state index in [-0.39, 0.29) is 11.1 Å². The summed E-state index contributed by atoms with van der Waals surface area (Å²) < 4.78 is 19.6. The molecule has 0 fully saturated rings. The predicted molar refractivity (Wildman–Crippen MR) is 126 cm³/mol. The van der Waals surface area contributed by atoms with Crippen molar-refractivity contribution in [1.82, 2.24) is 5.32 Å². The molecule has 3 aromatic carbocycles. The van der Waals surface area contributed by atoms with Crippen molar-refractivity contribution in [2.75, 3.05) is 0 Å². The van der Waals surface area contributed by atoms with Gasteiger partial charge in [0.1, 0.15) is 17.5 Å². The highest BCUT2D eigenvalue weighted by Crippen LogP contribution is 2.27. The van der Waals surface area contributed by atoms with Gasteiger partial charge in [0.2, 0.25) is 0 Å². The molecule has 0 bridgehead atoms. The lowest BCUT2D eigenvalue weighted by molar-refractivity contribution is 0.0502. The first-order valence-corrected chi connectivity index (χ1v) is 10.7. The Hall–Kier alpha value is -4.18. The third kappa shape index (κ3) is 6.42. The molecule has 0 aliphatic heterocycles. The Morgan fingerprint density at radius 3 is 2.41 bits per heavy atom. The van der Waals surface area contributed by atoms with Gasteiger partial charge in [0, 0.05) is 0 Å². The van der Waals surface area contributed by atoms with E-state index in [0.29, 0.717) is 17.5 Å². The van der Waals surface area contributed by atoms with Crippen LogP contribution in [0.2, 0.25) is 0 Å². The average Bonchev–Trinajstić information content (AvgIpc) is 2.77. The molecule has 34 heavy (non-hydrogen) atoms. The molecular weight excluding hydrogens is 435 g/mol. The molecule has 1 amide bonds. The maximum absolute atomic E-state index is 14.2. The molecule has 1 atom stereocenters. The number of carbonyl (C=O) groups is 2. The van der Waals surface area contributed by atoms with Gasteiger partial charge < -0.3 is 15.2 Å². The highest BCUT2D eigenvalue weighted by molar-refractivity contribution is 5.87. The van der Waals surface area contributed by atoms with Crippen molar-refractivity contribution in [1.29, 1.82) is 5.26 Å². The van der Waals surface area contributed by atoms with Crippen molar-refractivity contribution < 1.29 is 23.8 Å². The Balaban J connectivity index is 1.97. The van der Waals surface area contributed by atoms with E-state index in [1.807, 2.05) is 12.1 Å². The number of carbonyl (C=O) groups excluding carboxylic acids is 1. The molecule has 7 heteroatoms. The van der Waals surface area contributed by atoms with Gasteiger partial charge in [-0.2, -0.15) is 5.26 Å². The van der Waals surface area contributed by atoms with Gasteiger partial charge in [0.15, 0.2) is 0 Å². The van der Waals surface area contributed by atoms with Crippen LogP contribution in [-0.2, 0) is 11.2 Å². The van der Waals surface area contributed by atoms with Crippen molar-refractivity contribution in [3.63, 3.8) is 0 Å². The molecule has 3 aromatic rings. The zero-order valence-electron chi connectivity index (χ0n) is 19.1. The maximum Gasteiger partial charge on any atom is 0.408 e.